The number of methoxy groups -OCH3 is 1. The Kier molecular flexibility index (Phi) is 8.00. The molecule has 3 aromatic rings. The molecule has 3 rings (SSSR count). The molecule has 0 spiro atoms. The number of hydrogen-bond donors (Lipinski definition) is 1. The standard InChI is InChI=1S/C25H27ClN2O4S/c1-4-24(19-10-12-22(32-3)13-11-19)27-25(29)17-28(21-7-5-6-20(26)16-21)33(30,31)23-14-8-18(2)9-15-23/h5-16,24H,4,17H2,1-3H3,(H,27,29)/t24-/m1/s1. The Hall–Kier alpha value is -3.03. The van der Waals surface area contributed by atoms with Crippen LogP contribution >= 0.6 is 11.6 Å². The lowest BCUT2D eigenvalue weighted by molar-refractivity contribution is -0.120. The number of carbonyl (C=O) groups is 1. The van der Waals surface area contributed by atoms with Crippen LogP contribution in [0.1, 0.15) is 30.5 Å². The molecule has 0 bridgehead atoms. The summed E-state index contributed by atoms with van der Waals surface area (Å²) >= 11 is 6.12. The molecular weight excluding hydrogens is 460 g/mol. The highest BCUT2D eigenvalue weighted by Crippen LogP contribution is 2.27. The smallest absolute Gasteiger partial charge is 0.264 e. The third-order valence-electron chi connectivity index (χ3n) is 5.25. The molecule has 0 saturated heterocycles. The Morgan fingerprint density at radius 2 is 1.73 bits per heavy atom. The average molecular weight is 487 g/mol. The van der Waals surface area contributed by atoms with Crippen LogP contribution < -0.4 is 14.4 Å². The van der Waals surface area contributed by atoms with E-state index in [-0.39, 0.29) is 17.5 Å². The molecular formula is C25H27ClN2O4S. The summed E-state index contributed by atoms with van der Waals surface area (Å²) in [6, 6.07) is 20.1. The van der Waals surface area contributed by atoms with Gasteiger partial charge in [0.05, 0.1) is 23.7 Å². The number of nitrogens with one attached hydrogen (secondary N) is 1. The van der Waals surface area contributed by atoms with Crippen molar-refractivity contribution in [1.82, 2.24) is 5.32 Å². The fourth-order valence-corrected chi connectivity index (χ4v) is 5.01. The first-order valence-electron chi connectivity index (χ1n) is 10.5. The van der Waals surface area contributed by atoms with Crippen LogP contribution in [0.25, 0.3) is 0 Å². The molecule has 1 atom stereocenters. The van der Waals surface area contributed by atoms with E-state index in [0.717, 1.165) is 21.2 Å². The van der Waals surface area contributed by atoms with Gasteiger partial charge in [0, 0.05) is 5.02 Å². The van der Waals surface area contributed by atoms with E-state index in [9.17, 15) is 13.2 Å². The number of benzene rings is 3. The zero-order valence-electron chi connectivity index (χ0n) is 18.8. The monoisotopic (exact) mass is 486 g/mol. The normalized spacial score (nSPS) is 12.1. The molecule has 1 N–H and O–H groups in total. The topological polar surface area (TPSA) is 75.7 Å². The van der Waals surface area contributed by atoms with Crippen LogP contribution in [-0.2, 0) is 14.8 Å². The van der Waals surface area contributed by atoms with Crippen LogP contribution in [0.3, 0.4) is 0 Å². The summed E-state index contributed by atoms with van der Waals surface area (Å²) in [4.78, 5) is 13.1. The maximum Gasteiger partial charge on any atom is 0.264 e. The summed E-state index contributed by atoms with van der Waals surface area (Å²) in [6.07, 6.45) is 0.639. The van der Waals surface area contributed by atoms with E-state index in [4.69, 9.17) is 16.3 Å². The predicted octanol–water partition coefficient (Wildman–Crippen LogP) is 5.12. The second kappa shape index (κ2) is 10.7. The molecule has 0 aliphatic rings. The highest BCUT2D eigenvalue weighted by atomic mass is 35.5. The van der Waals surface area contributed by atoms with Crippen LogP contribution in [0.2, 0.25) is 5.02 Å². The molecule has 0 fully saturated rings. The van der Waals surface area contributed by atoms with Crippen LogP contribution in [0.15, 0.2) is 77.7 Å². The fourth-order valence-electron chi connectivity index (χ4n) is 3.41. The first-order chi connectivity index (χ1) is 15.7. The lowest BCUT2D eigenvalue weighted by atomic mass is 10.0. The zero-order valence-corrected chi connectivity index (χ0v) is 20.4. The molecule has 0 aliphatic carbocycles. The minimum Gasteiger partial charge on any atom is -0.497 e. The number of sulfonamides is 1. The Morgan fingerprint density at radius 1 is 1.06 bits per heavy atom. The summed E-state index contributed by atoms with van der Waals surface area (Å²) in [5.74, 6) is 0.296. The average Bonchev–Trinajstić information content (AvgIpc) is 2.81. The lowest BCUT2D eigenvalue weighted by Crippen LogP contribution is -2.42. The van der Waals surface area contributed by atoms with Crippen LogP contribution in [-0.4, -0.2) is 28.0 Å². The summed E-state index contributed by atoms with van der Waals surface area (Å²) in [5, 5.41) is 3.33. The number of anilines is 1. The Bertz CT molecular complexity index is 1200. The number of carbonyl (C=O) groups excluding carboxylic acids is 1. The molecule has 33 heavy (non-hydrogen) atoms. The Labute approximate surface area is 200 Å². The van der Waals surface area contributed by atoms with E-state index in [1.54, 1.807) is 37.4 Å². The van der Waals surface area contributed by atoms with Crippen LogP contribution in [0.5, 0.6) is 5.75 Å². The minimum atomic E-state index is -4.00. The second-order valence-electron chi connectivity index (χ2n) is 7.61. The van der Waals surface area contributed by atoms with Crippen LogP contribution in [0, 0.1) is 6.92 Å². The van der Waals surface area contributed by atoms with Gasteiger partial charge in [-0.25, -0.2) is 8.42 Å². The lowest BCUT2D eigenvalue weighted by Gasteiger charge is -2.26. The minimum absolute atomic E-state index is 0.100. The predicted molar refractivity (Wildman–Crippen MR) is 131 cm³/mol. The fraction of sp³-hybridized carbons (Fsp3) is 0.240. The number of hydrogen-bond acceptors (Lipinski definition) is 4. The second-order valence-corrected chi connectivity index (χ2v) is 9.90. The number of amides is 1. The van der Waals surface area contributed by atoms with E-state index in [2.05, 4.69) is 5.32 Å². The van der Waals surface area contributed by atoms with Crippen LogP contribution in [0.4, 0.5) is 5.69 Å². The van der Waals surface area contributed by atoms with Crippen molar-refractivity contribution >= 4 is 33.2 Å². The number of aryl methyl sites for hydroxylation is 1. The molecule has 6 nitrogen and oxygen atoms in total. The van der Waals surface area contributed by atoms with Gasteiger partial charge in [0.1, 0.15) is 12.3 Å². The number of halogens is 1. The molecule has 0 saturated carbocycles. The molecule has 1 amide bonds. The SMILES string of the molecule is CC[C@@H](NC(=O)CN(c1cccc(Cl)c1)S(=O)(=O)c1ccc(C)cc1)c1ccc(OC)cc1. The van der Waals surface area contributed by atoms with Gasteiger partial charge in [-0.05, 0) is 61.4 Å². The van der Waals surface area contributed by atoms with Gasteiger partial charge in [-0.3, -0.25) is 9.10 Å². The molecule has 0 heterocycles. The van der Waals surface area contributed by atoms with Gasteiger partial charge in [0.25, 0.3) is 10.0 Å². The highest BCUT2D eigenvalue weighted by molar-refractivity contribution is 7.92. The number of rotatable bonds is 9. The van der Waals surface area contributed by atoms with Crippen molar-refractivity contribution < 1.29 is 17.9 Å². The van der Waals surface area contributed by atoms with Gasteiger partial charge < -0.3 is 10.1 Å². The Morgan fingerprint density at radius 3 is 2.30 bits per heavy atom. The molecule has 8 heteroatoms. The quantitative estimate of drug-likeness (QED) is 0.455. The van der Waals surface area contributed by atoms with Gasteiger partial charge in [-0.1, -0.05) is 54.4 Å². The number of ether oxygens (including phenoxy) is 1. The van der Waals surface area contributed by atoms with E-state index >= 15 is 0 Å². The zero-order chi connectivity index (χ0) is 24.0. The molecule has 0 radical (unpaired) electrons. The first kappa shape index (κ1) is 24.6. The van der Waals surface area contributed by atoms with Crippen molar-refractivity contribution in [2.75, 3.05) is 18.0 Å². The van der Waals surface area contributed by atoms with Gasteiger partial charge in [0.15, 0.2) is 0 Å². The third kappa shape index (κ3) is 6.06. The van der Waals surface area contributed by atoms with E-state index in [1.165, 1.54) is 18.2 Å². The summed E-state index contributed by atoms with van der Waals surface area (Å²) < 4.78 is 33.2. The highest BCUT2D eigenvalue weighted by Gasteiger charge is 2.28. The molecule has 0 unspecified atom stereocenters. The summed E-state index contributed by atoms with van der Waals surface area (Å²) in [6.45, 7) is 3.44. The first-order valence-corrected chi connectivity index (χ1v) is 12.3. The number of nitrogens with zero attached hydrogens (tertiary/aromatic N) is 1. The van der Waals surface area contributed by atoms with E-state index < -0.39 is 15.9 Å². The molecule has 3 aromatic carbocycles. The van der Waals surface area contributed by atoms with Gasteiger partial charge >= 0.3 is 0 Å². The van der Waals surface area contributed by atoms with Crippen molar-refractivity contribution in [1.29, 1.82) is 0 Å². The van der Waals surface area contributed by atoms with E-state index in [0.29, 0.717) is 17.1 Å². The van der Waals surface area contributed by atoms with Crippen molar-refractivity contribution in [2.24, 2.45) is 0 Å². The molecule has 0 aliphatic heterocycles. The largest absolute Gasteiger partial charge is 0.497 e. The van der Waals surface area contributed by atoms with Crippen molar-refractivity contribution in [2.45, 2.75) is 31.2 Å². The molecule has 174 valence electrons. The molecule has 0 aromatic heterocycles. The third-order valence-corrected chi connectivity index (χ3v) is 7.28. The van der Waals surface area contributed by atoms with Gasteiger partial charge in [0.2, 0.25) is 5.91 Å². The summed E-state index contributed by atoms with van der Waals surface area (Å²) in [5.41, 5.74) is 2.16. The van der Waals surface area contributed by atoms with Crippen molar-refractivity contribution in [3.63, 3.8) is 0 Å². The van der Waals surface area contributed by atoms with Crippen molar-refractivity contribution in [3.8, 4) is 5.75 Å². The Balaban J connectivity index is 1.89. The van der Waals surface area contributed by atoms with Gasteiger partial charge in [-0.2, -0.15) is 0 Å². The maximum absolute atomic E-state index is 13.5. The van der Waals surface area contributed by atoms with E-state index in [1.807, 2.05) is 38.1 Å². The van der Waals surface area contributed by atoms with Gasteiger partial charge in [-0.15, -0.1) is 0 Å². The summed E-state index contributed by atoms with van der Waals surface area (Å²) in [7, 11) is -2.41. The maximum atomic E-state index is 13.5. The van der Waals surface area contributed by atoms with Crippen molar-refractivity contribution in [3.05, 3.63) is 88.9 Å².